The molecule has 10 heteroatoms. The van der Waals surface area contributed by atoms with E-state index in [1.165, 1.54) is 0 Å². The maximum absolute atomic E-state index is 13.3. The van der Waals surface area contributed by atoms with E-state index < -0.39 is 58.7 Å². The summed E-state index contributed by atoms with van der Waals surface area (Å²) in [6.07, 6.45) is -11.3. The maximum atomic E-state index is 13.3. The molecule has 0 saturated heterocycles. The predicted octanol–water partition coefficient (Wildman–Crippen LogP) is 5.97. The summed E-state index contributed by atoms with van der Waals surface area (Å²) in [5, 5.41) is 1.88. The van der Waals surface area contributed by atoms with Gasteiger partial charge in [0, 0.05) is 22.4 Å². The second-order valence-electron chi connectivity index (χ2n) is 5.17. The minimum Gasteiger partial charge on any atom is -0.322 e. The molecule has 0 aliphatic heterocycles. The first-order valence-electron chi connectivity index (χ1n) is 6.87. The van der Waals surface area contributed by atoms with Gasteiger partial charge in [-0.2, -0.15) is 13.2 Å². The van der Waals surface area contributed by atoms with Gasteiger partial charge in [0.15, 0.2) is 0 Å². The number of nitrogens with one attached hydrogen (secondary N) is 1. The summed E-state index contributed by atoms with van der Waals surface area (Å²) >= 11 is 0. The van der Waals surface area contributed by atoms with E-state index in [2.05, 4.69) is 0 Å². The molecular weight excluding hydrogens is 374 g/mol. The maximum Gasteiger partial charge on any atom is 0.416 e. The number of carbonyl (C=O) groups is 1. The van der Waals surface area contributed by atoms with E-state index in [-0.39, 0.29) is 6.07 Å². The number of amides is 1. The van der Waals surface area contributed by atoms with Crippen molar-refractivity contribution in [2.24, 2.45) is 0 Å². The summed E-state index contributed by atoms with van der Waals surface area (Å²) in [5.74, 6) is -2.39. The number of hydrogen-bond acceptors (Lipinski definition) is 1. The lowest BCUT2D eigenvalue weighted by Crippen LogP contribution is -2.14. The first-order chi connectivity index (χ1) is 12.0. The molecule has 1 amide bonds. The van der Waals surface area contributed by atoms with Crippen LogP contribution in [0.3, 0.4) is 0 Å². The standard InChI is InChI=1S/C16H9F8NO/c17-11-3-7(13(18)19)1-9(4-11)15(26)25-12-5-8(14(20)21)2-10(6-12)16(22,23)24/h1-6,13-14H,(H,25,26). The highest BCUT2D eigenvalue weighted by Crippen LogP contribution is 2.34. The molecule has 0 saturated carbocycles. The zero-order valence-corrected chi connectivity index (χ0v) is 12.6. The fourth-order valence-corrected chi connectivity index (χ4v) is 2.09. The van der Waals surface area contributed by atoms with Crippen LogP contribution in [-0.2, 0) is 6.18 Å². The molecule has 0 unspecified atom stereocenters. The molecule has 0 aliphatic rings. The molecule has 1 N–H and O–H groups in total. The third-order valence-corrected chi connectivity index (χ3v) is 3.23. The Balaban J connectivity index is 2.38. The highest BCUT2D eigenvalue weighted by Gasteiger charge is 2.32. The summed E-state index contributed by atoms with van der Waals surface area (Å²) < 4.78 is 102. The van der Waals surface area contributed by atoms with Crippen molar-refractivity contribution in [1.82, 2.24) is 0 Å². The Morgan fingerprint density at radius 2 is 1.42 bits per heavy atom. The van der Waals surface area contributed by atoms with Crippen molar-refractivity contribution < 1.29 is 39.9 Å². The second kappa shape index (κ2) is 7.30. The molecule has 26 heavy (non-hydrogen) atoms. The van der Waals surface area contributed by atoms with Crippen LogP contribution in [0.1, 0.15) is 39.9 Å². The molecule has 0 aliphatic carbocycles. The lowest BCUT2D eigenvalue weighted by atomic mass is 10.1. The Morgan fingerprint density at radius 1 is 0.846 bits per heavy atom. The molecular formula is C16H9F8NO. The third-order valence-electron chi connectivity index (χ3n) is 3.23. The molecule has 2 nitrogen and oxygen atoms in total. The van der Waals surface area contributed by atoms with Gasteiger partial charge in [-0.3, -0.25) is 4.79 Å². The van der Waals surface area contributed by atoms with Crippen molar-refractivity contribution in [2.45, 2.75) is 19.0 Å². The normalized spacial score (nSPS) is 11.9. The van der Waals surface area contributed by atoms with Gasteiger partial charge in [-0.05, 0) is 36.4 Å². The van der Waals surface area contributed by atoms with E-state index >= 15 is 0 Å². The van der Waals surface area contributed by atoms with Gasteiger partial charge in [-0.15, -0.1) is 0 Å². The van der Waals surface area contributed by atoms with Gasteiger partial charge in [-0.25, -0.2) is 22.0 Å². The van der Waals surface area contributed by atoms with E-state index in [9.17, 15) is 39.9 Å². The lowest BCUT2D eigenvalue weighted by molar-refractivity contribution is -0.137. The molecule has 0 bridgehead atoms. The van der Waals surface area contributed by atoms with Crippen LogP contribution in [0.25, 0.3) is 0 Å². The molecule has 2 aromatic rings. The average molecular weight is 383 g/mol. The Morgan fingerprint density at radius 3 is 1.96 bits per heavy atom. The van der Waals surface area contributed by atoms with Crippen molar-refractivity contribution in [2.75, 3.05) is 5.32 Å². The van der Waals surface area contributed by atoms with Crippen LogP contribution in [0.2, 0.25) is 0 Å². The van der Waals surface area contributed by atoms with Gasteiger partial charge in [0.1, 0.15) is 5.82 Å². The van der Waals surface area contributed by atoms with Crippen LogP contribution >= 0.6 is 0 Å². The van der Waals surface area contributed by atoms with Crippen LogP contribution in [0.15, 0.2) is 36.4 Å². The Hall–Kier alpha value is -2.65. The van der Waals surface area contributed by atoms with Crippen LogP contribution in [0, 0.1) is 5.82 Å². The number of carbonyl (C=O) groups excluding carboxylic acids is 1. The zero-order valence-electron chi connectivity index (χ0n) is 12.6. The van der Waals surface area contributed by atoms with Crippen molar-refractivity contribution in [3.05, 3.63) is 64.5 Å². The topological polar surface area (TPSA) is 29.1 Å². The van der Waals surface area contributed by atoms with Crippen molar-refractivity contribution in [3.63, 3.8) is 0 Å². The zero-order chi connectivity index (χ0) is 19.6. The smallest absolute Gasteiger partial charge is 0.322 e. The minimum atomic E-state index is -4.95. The van der Waals surface area contributed by atoms with E-state index in [0.717, 1.165) is 0 Å². The second-order valence-corrected chi connectivity index (χ2v) is 5.17. The van der Waals surface area contributed by atoms with Gasteiger partial charge in [0.05, 0.1) is 5.56 Å². The molecule has 0 atom stereocenters. The molecule has 0 fully saturated rings. The SMILES string of the molecule is O=C(Nc1cc(C(F)F)cc(C(F)(F)F)c1)c1cc(F)cc(C(F)F)c1. The number of benzene rings is 2. The molecule has 0 aromatic heterocycles. The Kier molecular flexibility index (Phi) is 5.53. The number of rotatable bonds is 4. The number of hydrogen-bond donors (Lipinski definition) is 1. The summed E-state index contributed by atoms with van der Waals surface area (Å²) in [6, 6.07) is 2.94. The number of anilines is 1. The fourth-order valence-electron chi connectivity index (χ4n) is 2.09. The Labute approximate surface area is 141 Å². The van der Waals surface area contributed by atoms with Crippen LogP contribution in [0.5, 0.6) is 0 Å². The molecule has 140 valence electrons. The van der Waals surface area contributed by atoms with Gasteiger partial charge in [0.25, 0.3) is 18.8 Å². The lowest BCUT2D eigenvalue weighted by Gasteiger charge is -2.13. The van der Waals surface area contributed by atoms with Crippen LogP contribution < -0.4 is 5.32 Å². The van der Waals surface area contributed by atoms with Gasteiger partial charge >= 0.3 is 6.18 Å². The van der Waals surface area contributed by atoms with Crippen molar-refractivity contribution in [1.29, 1.82) is 0 Å². The third kappa shape index (κ3) is 4.70. The monoisotopic (exact) mass is 383 g/mol. The van der Waals surface area contributed by atoms with Crippen molar-refractivity contribution >= 4 is 11.6 Å². The van der Waals surface area contributed by atoms with E-state index in [1.54, 1.807) is 0 Å². The number of alkyl halides is 7. The predicted molar refractivity (Wildman–Crippen MR) is 75.7 cm³/mol. The first-order valence-corrected chi connectivity index (χ1v) is 6.87. The summed E-state index contributed by atoms with van der Waals surface area (Å²) in [7, 11) is 0. The summed E-state index contributed by atoms with van der Waals surface area (Å²) in [5.41, 5.74) is -4.48. The van der Waals surface area contributed by atoms with E-state index in [4.69, 9.17) is 0 Å². The van der Waals surface area contributed by atoms with Crippen LogP contribution in [0.4, 0.5) is 40.8 Å². The minimum absolute atomic E-state index is 0.220. The van der Waals surface area contributed by atoms with Crippen molar-refractivity contribution in [3.8, 4) is 0 Å². The fraction of sp³-hybridized carbons (Fsp3) is 0.188. The molecule has 0 radical (unpaired) electrons. The first kappa shape index (κ1) is 19.7. The molecule has 2 rings (SSSR count). The molecule has 0 heterocycles. The van der Waals surface area contributed by atoms with Gasteiger partial charge in [0.2, 0.25) is 0 Å². The van der Waals surface area contributed by atoms with Gasteiger partial charge < -0.3 is 5.32 Å². The quantitative estimate of drug-likeness (QED) is 0.648. The van der Waals surface area contributed by atoms with Crippen LogP contribution in [-0.4, -0.2) is 5.91 Å². The molecule has 2 aromatic carbocycles. The highest BCUT2D eigenvalue weighted by molar-refractivity contribution is 6.04. The summed E-state index contributed by atoms with van der Waals surface area (Å²) in [4.78, 5) is 12.0. The summed E-state index contributed by atoms with van der Waals surface area (Å²) in [6.45, 7) is 0. The Bertz CT molecular complexity index is 816. The average Bonchev–Trinajstić information content (AvgIpc) is 2.52. The van der Waals surface area contributed by atoms with Gasteiger partial charge in [-0.1, -0.05) is 0 Å². The number of halogens is 8. The highest BCUT2D eigenvalue weighted by atomic mass is 19.4. The largest absolute Gasteiger partial charge is 0.416 e. The van der Waals surface area contributed by atoms with E-state index in [0.29, 0.717) is 30.3 Å². The van der Waals surface area contributed by atoms with E-state index in [1.807, 2.05) is 5.32 Å². The molecule has 0 spiro atoms.